The van der Waals surface area contributed by atoms with Crippen LogP contribution in [0.15, 0.2) is 18.5 Å². The molecule has 0 saturated heterocycles. The summed E-state index contributed by atoms with van der Waals surface area (Å²) in [7, 11) is 0. The van der Waals surface area contributed by atoms with Crippen LogP contribution in [0.25, 0.3) is 0 Å². The van der Waals surface area contributed by atoms with Gasteiger partial charge in [-0.25, -0.2) is 0 Å². The third kappa shape index (κ3) is 3.64. The second kappa shape index (κ2) is 5.07. The quantitative estimate of drug-likeness (QED) is 0.735. The second-order valence-corrected chi connectivity index (χ2v) is 3.87. The lowest BCUT2D eigenvalue weighted by Crippen LogP contribution is -2.18. The lowest BCUT2D eigenvalue weighted by molar-refractivity contribution is 0.552. The van der Waals surface area contributed by atoms with Crippen molar-refractivity contribution in [2.45, 2.75) is 33.9 Å². The summed E-state index contributed by atoms with van der Waals surface area (Å²) in [5.41, 5.74) is 1.38. The summed E-state index contributed by atoms with van der Waals surface area (Å²) in [5.74, 6) is 0.730. The molecule has 0 unspecified atom stereocenters. The Morgan fingerprint density at radius 1 is 1.46 bits per heavy atom. The standard InChI is InChI=1S/C11H20N2/c1-4-13-6-5-11(9-13)8-12-7-10(2)3/h5-6,9-10,12H,4,7-8H2,1-3H3. The molecule has 0 aliphatic rings. The van der Waals surface area contributed by atoms with Crippen molar-refractivity contribution < 1.29 is 0 Å². The summed E-state index contributed by atoms with van der Waals surface area (Å²) in [6.45, 7) is 9.76. The molecule has 1 heterocycles. The first kappa shape index (κ1) is 10.3. The van der Waals surface area contributed by atoms with E-state index in [9.17, 15) is 0 Å². The van der Waals surface area contributed by atoms with Gasteiger partial charge in [-0.1, -0.05) is 13.8 Å². The number of aryl methyl sites for hydroxylation is 1. The fraction of sp³-hybridized carbons (Fsp3) is 0.636. The van der Waals surface area contributed by atoms with E-state index in [4.69, 9.17) is 0 Å². The van der Waals surface area contributed by atoms with Gasteiger partial charge in [-0.3, -0.25) is 0 Å². The molecule has 1 aromatic rings. The highest BCUT2D eigenvalue weighted by Gasteiger charge is 1.96. The number of hydrogen-bond acceptors (Lipinski definition) is 1. The minimum Gasteiger partial charge on any atom is -0.354 e. The fourth-order valence-corrected chi connectivity index (χ4v) is 1.30. The summed E-state index contributed by atoms with van der Waals surface area (Å²) in [6, 6.07) is 2.18. The number of hydrogen-bond donors (Lipinski definition) is 1. The van der Waals surface area contributed by atoms with Crippen molar-refractivity contribution in [1.82, 2.24) is 9.88 Å². The fourth-order valence-electron chi connectivity index (χ4n) is 1.30. The van der Waals surface area contributed by atoms with Crippen LogP contribution in [0.3, 0.4) is 0 Å². The Bertz CT molecular complexity index is 238. The van der Waals surface area contributed by atoms with Crippen LogP contribution in [-0.4, -0.2) is 11.1 Å². The van der Waals surface area contributed by atoms with E-state index in [1.54, 1.807) is 0 Å². The van der Waals surface area contributed by atoms with Crippen molar-refractivity contribution in [2.24, 2.45) is 5.92 Å². The first-order valence-electron chi connectivity index (χ1n) is 5.07. The third-order valence-electron chi connectivity index (χ3n) is 2.06. The van der Waals surface area contributed by atoms with Crippen LogP contribution in [0.5, 0.6) is 0 Å². The molecule has 74 valence electrons. The van der Waals surface area contributed by atoms with Gasteiger partial charge in [-0.15, -0.1) is 0 Å². The monoisotopic (exact) mass is 180 g/mol. The van der Waals surface area contributed by atoms with Crippen LogP contribution in [0, 0.1) is 5.92 Å². The molecule has 2 heteroatoms. The highest BCUT2D eigenvalue weighted by molar-refractivity contribution is 5.09. The van der Waals surface area contributed by atoms with E-state index in [0.29, 0.717) is 0 Å². The number of rotatable bonds is 5. The van der Waals surface area contributed by atoms with Crippen LogP contribution in [0.2, 0.25) is 0 Å². The van der Waals surface area contributed by atoms with Crippen LogP contribution < -0.4 is 5.32 Å². The molecule has 2 nitrogen and oxygen atoms in total. The summed E-state index contributed by atoms with van der Waals surface area (Å²) in [4.78, 5) is 0. The smallest absolute Gasteiger partial charge is 0.0220 e. The first-order chi connectivity index (χ1) is 6.22. The molecule has 0 atom stereocenters. The molecule has 0 fully saturated rings. The van der Waals surface area contributed by atoms with Gasteiger partial charge in [0, 0.05) is 25.5 Å². The maximum atomic E-state index is 3.43. The maximum absolute atomic E-state index is 3.43. The molecule has 0 aromatic carbocycles. The minimum absolute atomic E-state index is 0.730. The Balaban J connectivity index is 2.28. The molecule has 1 rings (SSSR count). The van der Waals surface area contributed by atoms with E-state index < -0.39 is 0 Å². The van der Waals surface area contributed by atoms with Crippen LogP contribution in [0.1, 0.15) is 26.3 Å². The summed E-state index contributed by atoms with van der Waals surface area (Å²) < 4.78 is 2.20. The highest BCUT2D eigenvalue weighted by Crippen LogP contribution is 2.00. The van der Waals surface area contributed by atoms with E-state index in [1.165, 1.54) is 5.56 Å². The number of nitrogens with one attached hydrogen (secondary N) is 1. The van der Waals surface area contributed by atoms with E-state index in [1.807, 2.05) is 0 Å². The van der Waals surface area contributed by atoms with Gasteiger partial charge in [0.15, 0.2) is 0 Å². The van der Waals surface area contributed by atoms with Crippen LogP contribution >= 0.6 is 0 Å². The van der Waals surface area contributed by atoms with Gasteiger partial charge >= 0.3 is 0 Å². The molecule has 0 radical (unpaired) electrons. The second-order valence-electron chi connectivity index (χ2n) is 3.87. The molecule has 0 bridgehead atoms. The van der Waals surface area contributed by atoms with Gasteiger partial charge < -0.3 is 9.88 Å². The lowest BCUT2D eigenvalue weighted by Gasteiger charge is -2.05. The Morgan fingerprint density at radius 3 is 2.77 bits per heavy atom. The normalized spacial score (nSPS) is 11.1. The predicted molar refractivity (Wildman–Crippen MR) is 56.7 cm³/mol. The number of nitrogens with zero attached hydrogens (tertiary/aromatic N) is 1. The van der Waals surface area contributed by atoms with E-state index in [-0.39, 0.29) is 0 Å². The van der Waals surface area contributed by atoms with Crippen molar-refractivity contribution in [3.8, 4) is 0 Å². The summed E-state index contributed by atoms with van der Waals surface area (Å²) >= 11 is 0. The zero-order chi connectivity index (χ0) is 9.68. The van der Waals surface area contributed by atoms with Crippen molar-refractivity contribution in [3.05, 3.63) is 24.0 Å². The van der Waals surface area contributed by atoms with E-state index >= 15 is 0 Å². The van der Waals surface area contributed by atoms with Crippen molar-refractivity contribution >= 4 is 0 Å². The number of aromatic nitrogens is 1. The molecular weight excluding hydrogens is 160 g/mol. The molecule has 0 aliphatic heterocycles. The van der Waals surface area contributed by atoms with Crippen molar-refractivity contribution in [3.63, 3.8) is 0 Å². The van der Waals surface area contributed by atoms with Gasteiger partial charge in [0.25, 0.3) is 0 Å². The first-order valence-corrected chi connectivity index (χ1v) is 5.07. The van der Waals surface area contributed by atoms with Crippen LogP contribution in [-0.2, 0) is 13.1 Å². The molecule has 0 saturated carbocycles. The molecule has 0 amide bonds. The zero-order valence-electron chi connectivity index (χ0n) is 8.88. The third-order valence-corrected chi connectivity index (χ3v) is 2.06. The Morgan fingerprint density at radius 2 is 2.23 bits per heavy atom. The predicted octanol–water partition coefficient (Wildman–Crippen LogP) is 2.25. The van der Waals surface area contributed by atoms with Gasteiger partial charge in [0.05, 0.1) is 0 Å². The molecule has 1 N–H and O–H groups in total. The molecule has 0 spiro atoms. The lowest BCUT2D eigenvalue weighted by atomic mass is 10.2. The molecule has 0 aliphatic carbocycles. The Hall–Kier alpha value is -0.760. The molecule has 13 heavy (non-hydrogen) atoms. The molecule has 1 aromatic heterocycles. The van der Waals surface area contributed by atoms with Crippen LogP contribution in [0.4, 0.5) is 0 Å². The van der Waals surface area contributed by atoms with Gasteiger partial charge in [-0.2, -0.15) is 0 Å². The molecular formula is C11H20N2. The van der Waals surface area contributed by atoms with E-state index in [0.717, 1.165) is 25.6 Å². The van der Waals surface area contributed by atoms with Crippen molar-refractivity contribution in [1.29, 1.82) is 0 Å². The minimum atomic E-state index is 0.730. The average Bonchev–Trinajstić information content (AvgIpc) is 2.52. The van der Waals surface area contributed by atoms with Gasteiger partial charge in [0.1, 0.15) is 0 Å². The van der Waals surface area contributed by atoms with Gasteiger partial charge in [-0.05, 0) is 31.0 Å². The van der Waals surface area contributed by atoms with Gasteiger partial charge in [0.2, 0.25) is 0 Å². The maximum Gasteiger partial charge on any atom is 0.0220 e. The SMILES string of the molecule is CCn1ccc(CNCC(C)C)c1. The van der Waals surface area contributed by atoms with E-state index in [2.05, 4.69) is 49.1 Å². The Labute approximate surface area is 81.0 Å². The summed E-state index contributed by atoms with van der Waals surface area (Å²) in [5, 5.41) is 3.43. The largest absolute Gasteiger partial charge is 0.354 e. The summed E-state index contributed by atoms with van der Waals surface area (Å²) in [6.07, 6.45) is 4.33. The highest BCUT2D eigenvalue weighted by atomic mass is 14.9. The average molecular weight is 180 g/mol. The topological polar surface area (TPSA) is 17.0 Å². The zero-order valence-corrected chi connectivity index (χ0v) is 8.88. The Kier molecular flexibility index (Phi) is 4.03. The van der Waals surface area contributed by atoms with Crippen molar-refractivity contribution in [2.75, 3.05) is 6.54 Å².